The van der Waals surface area contributed by atoms with Gasteiger partial charge in [0.25, 0.3) is 0 Å². The summed E-state index contributed by atoms with van der Waals surface area (Å²) in [5.41, 5.74) is 0. The summed E-state index contributed by atoms with van der Waals surface area (Å²) in [5, 5.41) is 10.6. The topological polar surface area (TPSA) is 81.3 Å². The maximum absolute atomic E-state index is 12.1. The lowest BCUT2D eigenvalue weighted by atomic mass is 10.3. The molecule has 0 aliphatic rings. The van der Waals surface area contributed by atoms with Crippen molar-refractivity contribution in [3.8, 4) is 0 Å². The van der Waals surface area contributed by atoms with Crippen molar-refractivity contribution in [2.75, 3.05) is 13.1 Å². The van der Waals surface area contributed by atoms with Crippen LogP contribution < -0.4 is 0 Å². The maximum Gasteiger partial charge on any atom is 0.381 e. The van der Waals surface area contributed by atoms with Gasteiger partial charge >= 0.3 is 5.82 Å². The Balaban J connectivity index is 2.72. The molecular formula is C12H20N4O3. The molecule has 0 unspecified atom stereocenters. The Bertz CT molecular complexity index is 456. The average molecular weight is 268 g/mol. The minimum absolute atomic E-state index is 0.0358. The highest BCUT2D eigenvalue weighted by molar-refractivity contribution is 5.76. The number of likely N-dealkylation sites (N-methyl/N-ethyl adjacent to an activating group) is 1. The zero-order valence-corrected chi connectivity index (χ0v) is 11.6. The molecule has 0 bridgehead atoms. The van der Waals surface area contributed by atoms with Crippen molar-refractivity contribution < 1.29 is 9.72 Å². The minimum atomic E-state index is -0.553. The van der Waals surface area contributed by atoms with Gasteiger partial charge in [-0.1, -0.05) is 13.3 Å². The summed E-state index contributed by atoms with van der Waals surface area (Å²) < 4.78 is 1.52. The molecule has 1 aromatic rings. The number of hydrogen-bond donors (Lipinski definition) is 0. The van der Waals surface area contributed by atoms with E-state index in [2.05, 4.69) is 11.9 Å². The molecule has 0 aliphatic carbocycles. The smallest absolute Gasteiger partial charge is 0.358 e. The van der Waals surface area contributed by atoms with Crippen LogP contribution in [0.1, 0.15) is 32.5 Å². The van der Waals surface area contributed by atoms with E-state index in [9.17, 15) is 14.9 Å². The molecule has 0 aromatic carbocycles. The molecule has 1 amide bonds. The number of carbonyl (C=O) groups is 1. The number of hydrogen-bond acceptors (Lipinski definition) is 4. The Morgan fingerprint density at radius 2 is 2.21 bits per heavy atom. The number of aromatic nitrogens is 2. The SMILES string of the molecule is CCCCN(CC)C(=O)Cn1cc([N+](=O)[O-])nc1C. The van der Waals surface area contributed by atoms with Crippen molar-refractivity contribution in [3.63, 3.8) is 0 Å². The fraction of sp³-hybridized carbons (Fsp3) is 0.667. The summed E-state index contributed by atoms with van der Waals surface area (Å²) in [5.74, 6) is 0.222. The van der Waals surface area contributed by atoms with Gasteiger partial charge in [0, 0.05) is 20.0 Å². The second kappa shape index (κ2) is 6.86. The van der Waals surface area contributed by atoms with Crippen molar-refractivity contribution in [1.29, 1.82) is 0 Å². The van der Waals surface area contributed by atoms with Gasteiger partial charge in [0.2, 0.25) is 11.7 Å². The quantitative estimate of drug-likeness (QED) is 0.557. The highest BCUT2D eigenvalue weighted by Gasteiger charge is 2.19. The van der Waals surface area contributed by atoms with Crippen LogP contribution in [0.2, 0.25) is 0 Å². The summed E-state index contributed by atoms with van der Waals surface area (Å²) in [6.45, 7) is 7.13. The summed E-state index contributed by atoms with van der Waals surface area (Å²) in [7, 11) is 0. The molecule has 106 valence electrons. The Kier molecular flexibility index (Phi) is 5.47. The second-order valence-corrected chi connectivity index (χ2v) is 4.36. The molecule has 0 radical (unpaired) electrons. The predicted molar refractivity (Wildman–Crippen MR) is 70.8 cm³/mol. The number of carbonyl (C=O) groups excluding carboxylic acids is 1. The van der Waals surface area contributed by atoms with E-state index in [0.717, 1.165) is 19.4 Å². The van der Waals surface area contributed by atoms with Gasteiger partial charge in [-0.15, -0.1) is 0 Å². The van der Waals surface area contributed by atoms with E-state index in [4.69, 9.17) is 0 Å². The lowest BCUT2D eigenvalue weighted by Crippen LogP contribution is -2.34. The zero-order chi connectivity index (χ0) is 14.4. The fourth-order valence-corrected chi connectivity index (χ4v) is 1.79. The molecule has 0 saturated carbocycles. The second-order valence-electron chi connectivity index (χ2n) is 4.36. The Labute approximate surface area is 112 Å². The van der Waals surface area contributed by atoms with Crippen LogP contribution in [-0.2, 0) is 11.3 Å². The van der Waals surface area contributed by atoms with E-state index < -0.39 is 4.92 Å². The maximum atomic E-state index is 12.1. The predicted octanol–water partition coefficient (Wildman–Crippen LogP) is 1.75. The fourth-order valence-electron chi connectivity index (χ4n) is 1.79. The molecule has 7 heteroatoms. The Hall–Kier alpha value is -1.92. The van der Waals surface area contributed by atoms with Crippen molar-refractivity contribution in [1.82, 2.24) is 14.5 Å². The molecule has 7 nitrogen and oxygen atoms in total. The van der Waals surface area contributed by atoms with E-state index in [0.29, 0.717) is 12.4 Å². The van der Waals surface area contributed by atoms with Crippen LogP contribution >= 0.6 is 0 Å². The standard InChI is InChI=1S/C12H20N4O3/c1-4-6-7-14(5-2)12(17)9-15-8-11(16(18)19)13-10(15)3/h8H,4-7,9H2,1-3H3. The number of aryl methyl sites for hydroxylation is 1. The molecule has 0 spiro atoms. The third kappa shape index (κ3) is 4.04. The van der Waals surface area contributed by atoms with E-state index >= 15 is 0 Å². The largest absolute Gasteiger partial charge is 0.381 e. The molecule has 1 rings (SSSR count). The van der Waals surface area contributed by atoms with Crippen molar-refractivity contribution in [2.45, 2.75) is 40.2 Å². The third-order valence-electron chi connectivity index (χ3n) is 2.97. The van der Waals surface area contributed by atoms with Gasteiger partial charge in [-0.25, -0.2) is 0 Å². The molecule has 0 saturated heterocycles. The number of imidazole rings is 1. The summed E-state index contributed by atoms with van der Waals surface area (Å²) in [6, 6.07) is 0. The summed E-state index contributed by atoms with van der Waals surface area (Å²) >= 11 is 0. The van der Waals surface area contributed by atoms with Crippen LogP contribution in [0.15, 0.2) is 6.20 Å². The average Bonchev–Trinajstić information content (AvgIpc) is 2.72. The number of nitro groups is 1. The van der Waals surface area contributed by atoms with Crippen LogP contribution in [0.5, 0.6) is 0 Å². The van der Waals surface area contributed by atoms with E-state index in [1.54, 1.807) is 11.8 Å². The normalized spacial score (nSPS) is 10.5. The molecule has 0 atom stereocenters. The highest BCUT2D eigenvalue weighted by Crippen LogP contribution is 2.10. The molecule has 0 aliphatic heterocycles. The van der Waals surface area contributed by atoms with Gasteiger partial charge in [-0.3, -0.25) is 9.36 Å². The Morgan fingerprint density at radius 1 is 1.53 bits per heavy atom. The molecule has 0 N–H and O–H groups in total. The molecule has 1 aromatic heterocycles. The van der Waals surface area contributed by atoms with Crippen molar-refractivity contribution in [3.05, 3.63) is 22.1 Å². The summed E-state index contributed by atoms with van der Waals surface area (Å²) in [6.07, 6.45) is 3.29. The highest BCUT2D eigenvalue weighted by atomic mass is 16.6. The van der Waals surface area contributed by atoms with Crippen molar-refractivity contribution in [2.24, 2.45) is 0 Å². The molecule has 19 heavy (non-hydrogen) atoms. The van der Waals surface area contributed by atoms with Gasteiger partial charge in [0.1, 0.15) is 12.7 Å². The minimum Gasteiger partial charge on any atom is -0.358 e. The van der Waals surface area contributed by atoms with E-state index in [1.165, 1.54) is 10.8 Å². The van der Waals surface area contributed by atoms with Crippen LogP contribution in [0.3, 0.4) is 0 Å². The Morgan fingerprint density at radius 3 is 2.68 bits per heavy atom. The summed E-state index contributed by atoms with van der Waals surface area (Å²) in [4.78, 5) is 27.7. The van der Waals surface area contributed by atoms with Crippen LogP contribution in [0.25, 0.3) is 0 Å². The molecule has 1 heterocycles. The van der Waals surface area contributed by atoms with Crippen molar-refractivity contribution >= 4 is 11.7 Å². The van der Waals surface area contributed by atoms with Gasteiger partial charge < -0.3 is 15.0 Å². The first-order chi connectivity index (χ1) is 8.99. The van der Waals surface area contributed by atoms with E-state index in [1.807, 2.05) is 6.92 Å². The number of rotatable bonds is 7. The third-order valence-corrected chi connectivity index (χ3v) is 2.97. The van der Waals surface area contributed by atoms with Gasteiger partial charge in [-0.2, -0.15) is 0 Å². The lowest BCUT2D eigenvalue weighted by molar-refractivity contribution is -0.389. The number of unbranched alkanes of at least 4 members (excludes halogenated alkanes) is 1. The molecular weight excluding hydrogens is 248 g/mol. The van der Waals surface area contributed by atoms with E-state index in [-0.39, 0.29) is 18.3 Å². The number of amides is 1. The first kappa shape index (κ1) is 15.1. The number of nitrogens with zero attached hydrogens (tertiary/aromatic N) is 4. The van der Waals surface area contributed by atoms with Crippen LogP contribution in [0.4, 0.5) is 5.82 Å². The monoisotopic (exact) mass is 268 g/mol. The van der Waals surface area contributed by atoms with Gasteiger partial charge in [-0.05, 0) is 23.3 Å². The van der Waals surface area contributed by atoms with Crippen LogP contribution in [-0.4, -0.2) is 38.4 Å². The van der Waals surface area contributed by atoms with Gasteiger partial charge in [0.05, 0.1) is 0 Å². The van der Waals surface area contributed by atoms with Crippen LogP contribution in [0, 0.1) is 17.0 Å². The lowest BCUT2D eigenvalue weighted by Gasteiger charge is -2.20. The first-order valence-electron chi connectivity index (χ1n) is 6.45. The molecule has 0 fully saturated rings. The zero-order valence-electron chi connectivity index (χ0n) is 11.6. The first-order valence-corrected chi connectivity index (χ1v) is 6.45. The van der Waals surface area contributed by atoms with Gasteiger partial charge in [0.15, 0.2) is 0 Å².